The fraction of sp³-hybridized carbons (Fsp3) is 0.412. The molecule has 0 bridgehead atoms. The van der Waals surface area contributed by atoms with Crippen molar-refractivity contribution >= 4 is 41.5 Å². The number of pyridine rings is 1. The number of aryl methyl sites for hydroxylation is 1. The molecule has 0 aliphatic carbocycles. The summed E-state index contributed by atoms with van der Waals surface area (Å²) in [5, 5.41) is 10.2. The average Bonchev–Trinajstić information content (AvgIpc) is 3.25. The number of likely N-dealkylation sites (tertiary alicyclic amines) is 1. The Morgan fingerprint density at radius 2 is 2.27 bits per heavy atom. The van der Waals surface area contributed by atoms with Crippen molar-refractivity contribution in [3.05, 3.63) is 42.5 Å². The maximum atomic E-state index is 12.1. The Kier molecular flexibility index (Phi) is 7.37. The number of rotatable bonds is 4. The molecule has 0 spiro atoms. The molecular weight excluding hydrogens is 445 g/mol. The summed E-state index contributed by atoms with van der Waals surface area (Å²) in [6, 6.07) is 3.59. The fourth-order valence-corrected chi connectivity index (χ4v) is 3.01. The van der Waals surface area contributed by atoms with Gasteiger partial charge in [-0.3, -0.25) is 19.5 Å². The van der Waals surface area contributed by atoms with Crippen LogP contribution in [-0.2, 0) is 11.8 Å². The number of amides is 1. The first-order valence-corrected chi connectivity index (χ1v) is 8.29. The third-order valence-electron chi connectivity index (χ3n) is 4.25. The van der Waals surface area contributed by atoms with Crippen LogP contribution in [0.25, 0.3) is 0 Å². The minimum Gasteiger partial charge on any atom is -0.347 e. The van der Waals surface area contributed by atoms with Gasteiger partial charge in [-0.15, -0.1) is 24.0 Å². The second-order valence-corrected chi connectivity index (χ2v) is 6.07. The number of aromatic nitrogens is 3. The Balaban J connectivity index is 0.00000243. The highest BCUT2D eigenvalue weighted by Gasteiger charge is 2.27. The van der Waals surface area contributed by atoms with E-state index in [-0.39, 0.29) is 36.4 Å². The summed E-state index contributed by atoms with van der Waals surface area (Å²) >= 11 is 0. The average molecular weight is 469 g/mol. The van der Waals surface area contributed by atoms with Crippen molar-refractivity contribution in [3.8, 4) is 0 Å². The Morgan fingerprint density at radius 3 is 2.92 bits per heavy atom. The van der Waals surface area contributed by atoms with Crippen LogP contribution in [0.3, 0.4) is 0 Å². The van der Waals surface area contributed by atoms with Gasteiger partial charge < -0.3 is 15.5 Å². The van der Waals surface area contributed by atoms with Crippen LogP contribution in [0.5, 0.6) is 0 Å². The molecular formula is C17H24IN7O. The topological polar surface area (TPSA) is 87.4 Å². The molecule has 2 aromatic heterocycles. The Bertz CT molecular complexity index is 747. The molecule has 3 rings (SSSR count). The van der Waals surface area contributed by atoms with Crippen LogP contribution >= 0.6 is 24.0 Å². The lowest BCUT2D eigenvalue weighted by Crippen LogP contribution is -2.43. The lowest BCUT2D eigenvalue weighted by atomic mass is 10.0. The van der Waals surface area contributed by atoms with Crippen molar-refractivity contribution < 1.29 is 4.79 Å². The predicted octanol–water partition coefficient (Wildman–Crippen LogP) is 1.44. The number of carbonyl (C=O) groups excluding carboxylic acids is 1. The molecule has 0 saturated carbocycles. The maximum absolute atomic E-state index is 12.1. The van der Waals surface area contributed by atoms with E-state index in [0.717, 1.165) is 25.5 Å². The maximum Gasteiger partial charge on any atom is 0.243 e. The predicted molar refractivity (Wildman–Crippen MR) is 112 cm³/mol. The number of nitrogens with zero attached hydrogens (tertiary/aromatic N) is 5. The zero-order valence-corrected chi connectivity index (χ0v) is 17.3. The van der Waals surface area contributed by atoms with Crippen LogP contribution in [-0.4, -0.2) is 58.2 Å². The number of guanidine groups is 1. The van der Waals surface area contributed by atoms with Crippen LogP contribution in [0.4, 0.5) is 5.69 Å². The van der Waals surface area contributed by atoms with Gasteiger partial charge in [0.2, 0.25) is 5.91 Å². The molecule has 1 atom stereocenters. The number of hydrogen-bond donors (Lipinski definition) is 2. The van der Waals surface area contributed by atoms with Crippen LogP contribution < -0.4 is 10.6 Å². The Morgan fingerprint density at radius 1 is 1.42 bits per heavy atom. The van der Waals surface area contributed by atoms with E-state index < -0.39 is 0 Å². The monoisotopic (exact) mass is 469 g/mol. The van der Waals surface area contributed by atoms with E-state index in [4.69, 9.17) is 0 Å². The van der Waals surface area contributed by atoms with Gasteiger partial charge in [-0.1, -0.05) is 0 Å². The molecule has 140 valence electrons. The van der Waals surface area contributed by atoms with Gasteiger partial charge in [0, 0.05) is 45.5 Å². The van der Waals surface area contributed by atoms with E-state index in [1.54, 1.807) is 31.6 Å². The van der Waals surface area contributed by atoms with Crippen molar-refractivity contribution in [2.24, 2.45) is 12.0 Å². The summed E-state index contributed by atoms with van der Waals surface area (Å²) in [6.07, 6.45) is 8.32. The second-order valence-electron chi connectivity index (χ2n) is 6.07. The van der Waals surface area contributed by atoms with E-state index >= 15 is 0 Å². The highest BCUT2D eigenvalue weighted by atomic mass is 127. The molecule has 0 aromatic carbocycles. The summed E-state index contributed by atoms with van der Waals surface area (Å²) in [5.74, 6) is 1.06. The number of halogens is 1. The minimum absolute atomic E-state index is 0. The molecule has 1 aliphatic rings. The van der Waals surface area contributed by atoms with Gasteiger partial charge in [-0.05, 0) is 24.1 Å². The zero-order valence-electron chi connectivity index (χ0n) is 14.9. The first-order valence-electron chi connectivity index (χ1n) is 8.29. The fourth-order valence-electron chi connectivity index (χ4n) is 3.01. The van der Waals surface area contributed by atoms with Gasteiger partial charge in [0.25, 0.3) is 0 Å². The number of carbonyl (C=O) groups is 1. The molecule has 8 nitrogen and oxygen atoms in total. The van der Waals surface area contributed by atoms with Crippen molar-refractivity contribution in [1.29, 1.82) is 0 Å². The van der Waals surface area contributed by atoms with Gasteiger partial charge >= 0.3 is 0 Å². The third-order valence-corrected chi connectivity index (χ3v) is 4.25. The van der Waals surface area contributed by atoms with E-state index in [1.807, 2.05) is 17.9 Å². The van der Waals surface area contributed by atoms with Crippen molar-refractivity contribution in [2.75, 3.05) is 32.0 Å². The zero-order chi connectivity index (χ0) is 17.6. The molecule has 1 amide bonds. The van der Waals surface area contributed by atoms with Gasteiger partial charge in [-0.2, -0.15) is 5.10 Å². The molecule has 26 heavy (non-hydrogen) atoms. The van der Waals surface area contributed by atoms with Gasteiger partial charge in [0.05, 0.1) is 24.6 Å². The molecule has 0 radical (unpaired) electrons. The summed E-state index contributed by atoms with van der Waals surface area (Å²) in [4.78, 5) is 22.5. The third kappa shape index (κ3) is 5.16. The van der Waals surface area contributed by atoms with E-state index in [0.29, 0.717) is 11.6 Å². The highest BCUT2D eigenvalue weighted by molar-refractivity contribution is 14.0. The van der Waals surface area contributed by atoms with Crippen molar-refractivity contribution in [1.82, 2.24) is 25.0 Å². The van der Waals surface area contributed by atoms with E-state index in [9.17, 15) is 4.79 Å². The van der Waals surface area contributed by atoms with Gasteiger partial charge in [0.15, 0.2) is 5.96 Å². The molecule has 3 heterocycles. The van der Waals surface area contributed by atoms with Crippen LogP contribution in [0.1, 0.15) is 17.9 Å². The quantitative estimate of drug-likeness (QED) is 0.402. The lowest BCUT2D eigenvalue weighted by molar-refractivity contribution is -0.115. The lowest BCUT2D eigenvalue weighted by Gasteiger charge is -2.21. The molecule has 2 aromatic rings. The molecule has 9 heteroatoms. The molecule has 1 aliphatic heterocycles. The van der Waals surface area contributed by atoms with Crippen molar-refractivity contribution in [2.45, 2.75) is 12.3 Å². The molecule has 2 N–H and O–H groups in total. The minimum atomic E-state index is -0.128. The van der Waals surface area contributed by atoms with Gasteiger partial charge in [-0.25, -0.2) is 0 Å². The van der Waals surface area contributed by atoms with Crippen LogP contribution in [0, 0.1) is 0 Å². The molecule has 1 unspecified atom stereocenters. The van der Waals surface area contributed by atoms with Gasteiger partial charge in [0.1, 0.15) is 0 Å². The first kappa shape index (κ1) is 20.1. The van der Waals surface area contributed by atoms with Crippen LogP contribution in [0.15, 0.2) is 41.9 Å². The molecule has 1 fully saturated rings. The highest BCUT2D eigenvalue weighted by Crippen LogP contribution is 2.26. The largest absolute Gasteiger partial charge is 0.347 e. The molecule has 1 saturated heterocycles. The smallest absolute Gasteiger partial charge is 0.243 e. The summed E-state index contributed by atoms with van der Waals surface area (Å²) < 4.78 is 1.83. The number of hydrogen-bond acceptors (Lipinski definition) is 4. The Hall–Kier alpha value is -2.17. The SMILES string of the molecule is CN=C(NCC(=O)Nc1cccnc1)N1CCC(c2cnn(C)c2)C1.I. The number of anilines is 1. The number of nitrogens with one attached hydrogen (secondary N) is 2. The summed E-state index contributed by atoms with van der Waals surface area (Å²) in [7, 11) is 3.66. The first-order chi connectivity index (χ1) is 12.2. The Labute approximate surface area is 170 Å². The van der Waals surface area contributed by atoms with Crippen molar-refractivity contribution in [3.63, 3.8) is 0 Å². The van der Waals surface area contributed by atoms with E-state index in [2.05, 4.69) is 36.8 Å². The summed E-state index contributed by atoms with van der Waals surface area (Å²) in [6.45, 7) is 1.94. The number of aliphatic imine (C=N–C) groups is 1. The van der Waals surface area contributed by atoms with Crippen LogP contribution in [0.2, 0.25) is 0 Å². The summed E-state index contributed by atoms with van der Waals surface area (Å²) in [5.41, 5.74) is 1.93. The second kappa shape index (κ2) is 9.51. The normalized spacial score (nSPS) is 16.9. The van der Waals surface area contributed by atoms with E-state index in [1.165, 1.54) is 5.56 Å². The standard InChI is InChI=1S/C17H23N7O.HI/c1-18-17(20-10-16(25)22-15-4-3-6-19-9-15)24-7-5-13(12-24)14-8-21-23(2)11-14;/h3-4,6,8-9,11,13H,5,7,10,12H2,1-2H3,(H,18,20)(H,22,25);1H.